The molecule has 2 aliphatic rings. The van der Waals surface area contributed by atoms with Crippen molar-refractivity contribution < 1.29 is 4.52 Å². The zero-order chi connectivity index (χ0) is 12.5. The highest BCUT2D eigenvalue weighted by molar-refractivity contribution is 8.23. The first-order valence-corrected chi connectivity index (χ1v) is 7.82. The topological polar surface area (TPSA) is 42.2 Å². The summed E-state index contributed by atoms with van der Waals surface area (Å²) < 4.78 is 6.30. The summed E-state index contributed by atoms with van der Waals surface area (Å²) >= 11 is 7.12. The van der Waals surface area contributed by atoms with Crippen molar-refractivity contribution in [3.63, 3.8) is 0 Å². The maximum atomic E-state index is 5.46. The van der Waals surface area contributed by atoms with E-state index >= 15 is 0 Å². The highest BCUT2D eigenvalue weighted by atomic mass is 32.2. The van der Waals surface area contributed by atoms with Gasteiger partial charge in [0.15, 0.2) is 5.82 Å². The van der Waals surface area contributed by atoms with Crippen LogP contribution in [-0.2, 0) is 0 Å². The van der Waals surface area contributed by atoms with E-state index in [-0.39, 0.29) is 5.25 Å². The lowest BCUT2D eigenvalue weighted by atomic mass is 10.4. The lowest BCUT2D eigenvalue weighted by Gasteiger charge is -2.19. The molecule has 0 amide bonds. The van der Waals surface area contributed by atoms with Crippen molar-refractivity contribution in [1.29, 1.82) is 0 Å². The Labute approximate surface area is 116 Å². The van der Waals surface area contributed by atoms with Gasteiger partial charge in [0.1, 0.15) is 4.32 Å². The van der Waals surface area contributed by atoms with Gasteiger partial charge in [-0.2, -0.15) is 4.98 Å². The molecule has 1 aliphatic heterocycles. The quantitative estimate of drug-likeness (QED) is 0.794. The Balaban J connectivity index is 1.58. The number of hydrogen-bond acceptors (Lipinski definition) is 5. The van der Waals surface area contributed by atoms with Crippen molar-refractivity contribution >= 4 is 28.3 Å². The van der Waals surface area contributed by atoms with Crippen LogP contribution in [0.15, 0.2) is 4.52 Å². The minimum absolute atomic E-state index is 0.151. The van der Waals surface area contributed by atoms with E-state index in [9.17, 15) is 0 Å². The second-order valence-electron chi connectivity index (χ2n) is 4.99. The Morgan fingerprint density at radius 2 is 2.17 bits per heavy atom. The van der Waals surface area contributed by atoms with Crippen LogP contribution in [0.3, 0.4) is 0 Å². The molecule has 1 saturated carbocycles. The molecule has 6 heteroatoms. The number of hydrogen-bond donors (Lipinski definition) is 0. The first-order chi connectivity index (χ1) is 8.74. The number of thiocarbonyl (C=S) groups is 1. The molecule has 0 aromatic carbocycles. The average molecular weight is 283 g/mol. The summed E-state index contributed by atoms with van der Waals surface area (Å²) in [6.07, 6.45) is 4.91. The molecule has 0 N–H and O–H groups in total. The van der Waals surface area contributed by atoms with Crippen molar-refractivity contribution in [1.82, 2.24) is 15.0 Å². The van der Waals surface area contributed by atoms with E-state index in [0.29, 0.717) is 11.8 Å². The standard InChI is InChI=1S/C12H17N3OS2/c1-8(18-12(17)15-6-2-3-7-15)11-13-10(14-16-11)9-4-5-9/h8-9H,2-7H2,1H3. The van der Waals surface area contributed by atoms with E-state index in [2.05, 4.69) is 22.0 Å². The van der Waals surface area contributed by atoms with Gasteiger partial charge in [-0.3, -0.25) is 0 Å². The molecule has 1 aliphatic carbocycles. The highest BCUT2D eigenvalue weighted by Gasteiger charge is 2.30. The summed E-state index contributed by atoms with van der Waals surface area (Å²) in [6.45, 7) is 4.27. The van der Waals surface area contributed by atoms with E-state index in [1.807, 2.05) is 0 Å². The monoisotopic (exact) mass is 283 g/mol. The second kappa shape index (κ2) is 5.17. The summed E-state index contributed by atoms with van der Waals surface area (Å²) in [5.74, 6) is 2.14. The molecule has 3 rings (SSSR count). The molecule has 18 heavy (non-hydrogen) atoms. The van der Waals surface area contributed by atoms with E-state index in [0.717, 1.165) is 23.2 Å². The van der Waals surface area contributed by atoms with Gasteiger partial charge in [0.25, 0.3) is 0 Å². The normalized spacial score (nSPS) is 21.3. The van der Waals surface area contributed by atoms with Gasteiger partial charge in [-0.25, -0.2) is 0 Å². The van der Waals surface area contributed by atoms with E-state index in [1.54, 1.807) is 11.8 Å². The Bertz CT molecular complexity index is 438. The molecule has 1 aromatic rings. The predicted octanol–water partition coefficient (Wildman–Crippen LogP) is 3.12. The molecule has 1 unspecified atom stereocenters. The van der Waals surface area contributed by atoms with Crippen molar-refractivity contribution in [2.75, 3.05) is 13.1 Å². The number of aromatic nitrogens is 2. The maximum absolute atomic E-state index is 5.46. The third kappa shape index (κ3) is 2.69. The fourth-order valence-corrected chi connectivity index (χ4v) is 3.54. The van der Waals surface area contributed by atoms with E-state index < -0.39 is 0 Å². The molecule has 2 heterocycles. The molecule has 1 saturated heterocycles. The number of nitrogens with zero attached hydrogens (tertiary/aromatic N) is 3. The van der Waals surface area contributed by atoms with Gasteiger partial charge in [-0.05, 0) is 32.6 Å². The van der Waals surface area contributed by atoms with E-state index in [4.69, 9.17) is 16.7 Å². The van der Waals surface area contributed by atoms with Crippen molar-refractivity contribution in [3.05, 3.63) is 11.7 Å². The third-order valence-corrected chi connectivity index (χ3v) is 4.95. The molecule has 1 atom stereocenters. The lowest BCUT2D eigenvalue weighted by molar-refractivity contribution is 0.375. The molecule has 0 radical (unpaired) electrons. The predicted molar refractivity (Wildman–Crippen MR) is 75.7 cm³/mol. The van der Waals surface area contributed by atoms with Gasteiger partial charge in [-0.1, -0.05) is 29.1 Å². The zero-order valence-electron chi connectivity index (χ0n) is 10.5. The highest BCUT2D eigenvalue weighted by Crippen LogP contribution is 2.39. The van der Waals surface area contributed by atoms with Gasteiger partial charge < -0.3 is 9.42 Å². The van der Waals surface area contributed by atoms with Crippen LogP contribution in [0, 0.1) is 0 Å². The van der Waals surface area contributed by atoms with Gasteiger partial charge in [0.05, 0.1) is 5.25 Å². The molecule has 1 aromatic heterocycles. The molecular formula is C12H17N3OS2. The minimum Gasteiger partial charge on any atom is -0.358 e. The summed E-state index contributed by atoms with van der Waals surface area (Å²) in [5, 5.41) is 4.20. The van der Waals surface area contributed by atoms with Crippen LogP contribution in [0.2, 0.25) is 0 Å². The van der Waals surface area contributed by atoms with Gasteiger partial charge >= 0.3 is 0 Å². The van der Waals surface area contributed by atoms with Crippen molar-refractivity contribution in [2.24, 2.45) is 0 Å². The fraction of sp³-hybridized carbons (Fsp3) is 0.750. The number of likely N-dealkylation sites (tertiary alicyclic amines) is 1. The Morgan fingerprint density at radius 1 is 1.44 bits per heavy atom. The van der Waals surface area contributed by atoms with Crippen LogP contribution in [0.5, 0.6) is 0 Å². The van der Waals surface area contributed by atoms with Crippen molar-refractivity contribution in [3.8, 4) is 0 Å². The smallest absolute Gasteiger partial charge is 0.239 e. The summed E-state index contributed by atoms with van der Waals surface area (Å²) in [5.41, 5.74) is 0. The first kappa shape index (κ1) is 12.4. The Kier molecular flexibility index (Phi) is 3.56. The molecule has 0 bridgehead atoms. The third-order valence-electron chi connectivity index (χ3n) is 3.39. The Hall–Kier alpha value is -0.620. The number of rotatable bonds is 3. The average Bonchev–Trinajstić information content (AvgIpc) is 2.91. The molecule has 98 valence electrons. The van der Waals surface area contributed by atoms with Crippen LogP contribution >= 0.6 is 24.0 Å². The van der Waals surface area contributed by atoms with E-state index in [1.165, 1.54) is 25.7 Å². The van der Waals surface area contributed by atoms with Gasteiger partial charge in [0, 0.05) is 19.0 Å². The second-order valence-corrected chi connectivity index (χ2v) is 6.96. The summed E-state index contributed by atoms with van der Waals surface area (Å²) in [4.78, 5) is 6.75. The van der Waals surface area contributed by atoms with Gasteiger partial charge in [0.2, 0.25) is 5.89 Å². The summed E-state index contributed by atoms with van der Waals surface area (Å²) in [7, 11) is 0. The maximum Gasteiger partial charge on any atom is 0.239 e. The minimum atomic E-state index is 0.151. The lowest BCUT2D eigenvalue weighted by Crippen LogP contribution is -2.23. The van der Waals surface area contributed by atoms with Crippen molar-refractivity contribution in [2.45, 2.75) is 43.8 Å². The van der Waals surface area contributed by atoms with Crippen LogP contribution in [-0.4, -0.2) is 32.5 Å². The molecule has 4 nitrogen and oxygen atoms in total. The molecular weight excluding hydrogens is 266 g/mol. The van der Waals surface area contributed by atoms with Gasteiger partial charge in [-0.15, -0.1) is 0 Å². The van der Waals surface area contributed by atoms with Crippen LogP contribution in [0.1, 0.15) is 55.5 Å². The van der Waals surface area contributed by atoms with Crippen LogP contribution in [0.25, 0.3) is 0 Å². The molecule has 0 spiro atoms. The first-order valence-electron chi connectivity index (χ1n) is 6.53. The summed E-state index contributed by atoms with van der Waals surface area (Å²) in [6, 6.07) is 0. The SMILES string of the molecule is CC(SC(=S)N1CCCC1)c1nc(C2CC2)no1. The Morgan fingerprint density at radius 3 is 2.83 bits per heavy atom. The number of thioether (sulfide) groups is 1. The fourth-order valence-electron chi connectivity index (χ4n) is 2.10. The zero-order valence-corrected chi connectivity index (χ0v) is 12.1. The largest absolute Gasteiger partial charge is 0.358 e. The van der Waals surface area contributed by atoms with Crippen LogP contribution < -0.4 is 0 Å². The molecule has 2 fully saturated rings. The van der Waals surface area contributed by atoms with Crippen LogP contribution in [0.4, 0.5) is 0 Å².